The molecule has 1 aliphatic heterocycles. The number of likely N-dealkylation sites (tertiary alicyclic amines) is 1. The fourth-order valence-corrected chi connectivity index (χ4v) is 6.21. The Morgan fingerprint density at radius 1 is 0.957 bits per heavy atom. The van der Waals surface area contributed by atoms with Crippen molar-refractivity contribution in [3.63, 3.8) is 0 Å². The number of allylic oxidation sites excluding steroid dienone is 1. The van der Waals surface area contributed by atoms with E-state index in [9.17, 15) is 4.79 Å². The molecule has 6 heteroatoms. The smallest absolute Gasteiger partial charge is 0.337 e. The second-order valence-corrected chi connectivity index (χ2v) is 13.0. The molecular weight excluding hydrogens is 611 g/mol. The molecule has 0 unspecified atom stereocenters. The average molecular weight is 662 g/mol. The van der Waals surface area contributed by atoms with Crippen LogP contribution in [0.3, 0.4) is 0 Å². The first kappa shape index (κ1) is 37.3. The number of methoxy groups -OCH3 is 1. The molecule has 1 saturated heterocycles. The van der Waals surface area contributed by atoms with Gasteiger partial charge in [-0.2, -0.15) is 0 Å². The first-order valence-electron chi connectivity index (χ1n) is 16.5. The van der Waals surface area contributed by atoms with Crippen LogP contribution in [0.2, 0.25) is 10.0 Å². The average Bonchev–Trinajstić information content (AvgIpc) is 3.04. The van der Waals surface area contributed by atoms with E-state index in [-0.39, 0.29) is 5.97 Å². The van der Waals surface area contributed by atoms with Crippen molar-refractivity contribution >= 4 is 40.6 Å². The summed E-state index contributed by atoms with van der Waals surface area (Å²) in [6.45, 7) is 15.2. The lowest BCUT2D eigenvalue weighted by Gasteiger charge is -2.32. The van der Waals surface area contributed by atoms with E-state index in [1.54, 1.807) is 6.07 Å². The molecule has 1 fully saturated rings. The summed E-state index contributed by atoms with van der Waals surface area (Å²) in [5.41, 5.74) is 8.95. The molecule has 1 aliphatic rings. The molecular formula is C40H50Cl2N2O2. The standard InChI is InChI=1S/C30H36Cl2N2O2.C10H14/c1-5-7-28(11-10-23(6-2)30(35)36-4)33-29-16-22(9-8-21(29)3)20-34-14-12-24(13-15-34)25-17-26(31)19-27(32)18-25;1-3-4-10-7-5-9(2)6-8-10/h6,8-10,16-19,24H,2,5,7,11-15,20H2,1,3-4H3;5-8H,3-4H2,1-2H3/b23-10+,33-28?;. The van der Waals surface area contributed by atoms with Gasteiger partial charge in [0.2, 0.25) is 0 Å². The van der Waals surface area contributed by atoms with Crippen LogP contribution in [-0.2, 0) is 22.5 Å². The molecule has 0 N–H and O–H groups in total. The predicted octanol–water partition coefficient (Wildman–Crippen LogP) is 11.2. The van der Waals surface area contributed by atoms with Gasteiger partial charge in [0.25, 0.3) is 0 Å². The Kier molecular flexibility index (Phi) is 15.8. The fourth-order valence-electron chi connectivity index (χ4n) is 5.67. The molecule has 0 bridgehead atoms. The molecule has 246 valence electrons. The van der Waals surface area contributed by atoms with Crippen LogP contribution in [0, 0.1) is 13.8 Å². The van der Waals surface area contributed by atoms with Gasteiger partial charge in [0.05, 0.1) is 18.4 Å². The summed E-state index contributed by atoms with van der Waals surface area (Å²) < 4.78 is 4.83. The SMILES string of the molecule is C=C/C(=C\CC(CCC)=Nc1cc(CN2CCC(c3cc(Cl)cc(Cl)c3)CC2)ccc1C)C(=O)OC.CCCc1ccc(C)cc1. The summed E-state index contributed by atoms with van der Waals surface area (Å²) >= 11 is 12.4. The zero-order chi connectivity index (χ0) is 33.5. The zero-order valence-corrected chi connectivity index (χ0v) is 29.8. The first-order valence-corrected chi connectivity index (χ1v) is 17.2. The van der Waals surface area contributed by atoms with E-state index in [2.05, 4.69) is 81.6 Å². The predicted molar refractivity (Wildman–Crippen MR) is 197 cm³/mol. The quantitative estimate of drug-likeness (QED) is 0.0840. The Morgan fingerprint density at radius 2 is 1.61 bits per heavy atom. The summed E-state index contributed by atoms with van der Waals surface area (Å²) in [4.78, 5) is 19.4. The maximum Gasteiger partial charge on any atom is 0.337 e. The van der Waals surface area contributed by atoms with Gasteiger partial charge in [-0.1, -0.05) is 111 Å². The lowest BCUT2D eigenvalue weighted by atomic mass is 9.89. The molecule has 0 spiro atoms. The third-order valence-electron chi connectivity index (χ3n) is 8.30. The topological polar surface area (TPSA) is 41.9 Å². The summed E-state index contributed by atoms with van der Waals surface area (Å²) in [5.74, 6) is 0.118. The van der Waals surface area contributed by atoms with Crippen molar-refractivity contribution in [2.75, 3.05) is 20.2 Å². The van der Waals surface area contributed by atoms with E-state index >= 15 is 0 Å². The minimum atomic E-state index is -0.374. The lowest BCUT2D eigenvalue weighted by Crippen LogP contribution is -2.32. The van der Waals surface area contributed by atoms with Gasteiger partial charge in [0.1, 0.15) is 0 Å². The molecule has 0 radical (unpaired) electrons. The third-order valence-corrected chi connectivity index (χ3v) is 8.74. The number of piperidine rings is 1. The molecule has 0 aliphatic carbocycles. The van der Waals surface area contributed by atoms with Gasteiger partial charge in [-0.25, -0.2) is 4.79 Å². The Bertz CT molecular complexity index is 1470. The van der Waals surface area contributed by atoms with Crippen LogP contribution < -0.4 is 0 Å². The molecule has 0 aromatic heterocycles. The zero-order valence-electron chi connectivity index (χ0n) is 28.3. The lowest BCUT2D eigenvalue weighted by molar-refractivity contribution is -0.135. The Morgan fingerprint density at radius 3 is 2.20 bits per heavy atom. The number of carbonyl (C=O) groups is 1. The van der Waals surface area contributed by atoms with Gasteiger partial charge in [-0.15, -0.1) is 0 Å². The third kappa shape index (κ3) is 12.2. The second kappa shape index (κ2) is 19.5. The van der Waals surface area contributed by atoms with Crippen molar-refractivity contribution in [2.45, 2.75) is 85.1 Å². The largest absolute Gasteiger partial charge is 0.465 e. The maximum atomic E-state index is 11.9. The van der Waals surface area contributed by atoms with Gasteiger partial charge in [0.15, 0.2) is 0 Å². The van der Waals surface area contributed by atoms with E-state index in [0.29, 0.717) is 28.0 Å². The van der Waals surface area contributed by atoms with Crippen LogP contribution >= 0.6 is 23.2 Å². The van der Waals surface area contributed by atoms with Crippen molar-refractivity contribution in [1.29, 1.82) is 0 Å². The summed E-state index contributed by atoms with van der Waals surface area (Å²) in [5, 5.41) is 1.41. The number of benzene rings is 3. The molecule has 0 saturated carbocycles. The Balaban J connectivity index is 0.000000489. The number of hydrogen-bond donors (Lipinski definition) is 0. The molecule has 4 nitrogen and oxygen atoms in total. The Labute approximate surface area is 287 Å². The van der Waals surface area contributed by atoms with Crippen LogP contribution in [-0.4, -0.2) is 36.8 Å². The van der Waals surface area contributed by atoms with Gasteiger partial charge >= 0.3 is 5.97 Å². The highest BCUT2D eigenvalue weighted by Crippen LogP contribution is 2.32. The minimum absolute atomic E-state index is 0.374. The van der Waals surface area contributed by atoms with E-state index in [0.717, 1.165) is 62.3 Å². The molecule has 4 rings (SSSR count). The van der Waals surface area contributed by atoms with E-state index in [4.69, 9.17) is 32.9 Å². The highest BCUT2D eigenvalue weighted by molar-refractivity contribution is 6.34. The molecule has 1 heterocycles. The van der Waals surface area contributed by atoms with Crippen molar-refractivity contribution in [3.8, 4) is 0 Å². The molecule has 3 aromatic carbocycles. The van der Waals surface area contributed by atoms with Crippen molar-refractivity contribution in [2.24, 2.45) is 4.99 Å². The van der Waals surface area contributed by atoms with Gasteiger partial charge < -0.3 is 4.74 Å². The minimum Gasteiger partial charge on any atom is -0.465 e. The molecule has 0 atom stereocenters. The van der Waals surface area contributed by atoms with Crippen molar-refractivity contribution in [1.82, 2.24) is 4.90 Å². The maximum absolute atomic E-state index is 11.9. The molecule has 46 heavy (non-hydrogen) atoms. The van der Waals surface area contributed by atoms with Gasteiger partial charge in [-0.3, -0.25) is 9.89 Å². The number of carbonyl (C=O) groups excluding carboxylic acids is 1. The van der Waals surface area contributed by atoms with E-state index in [1.165, 1.54) is 48.3 Å². The molecule has 3 aromatic rings. The highest BCUT2D eigenvalue weighted by atomic mass is 35.5. The van der Waals surface area contributed by atoms with Gasteiger partial charge in [-0.05, 0) is 105 Å². The summed E-state index contributed by atoms with van der Waals surface area (Å²) in [6.07, 6.45) is 10.5. The number of rotatable bonds is 12. The van der Waals surface area contributed by atoms with Crippen LogP contribution in [0.15, 0.2) is 90.0 Å². The number of aryl methyl sites for hydroxylation is 3. The van der Waals surface area contributed by atoms with Crippen LogP contribution in [0.4, 0.5) is 5.69 Å². The van der Waals surface area contributed by atoms with E-state index < -0.39 is 0 Å². The monoisotopic (exact) mass is 660 g/mol. The van der Waals surface area contributed by atoms with E-state index in [1.807, 2.05) is 18.2 Å². The summed E-state index contributed by atoms with van der Waals surface area (Å²) in [6, 6.07) is 21.2. The van der Waals surface area contributed by atoms with Crippen LogP contribution in [0.5, 0.6) is 0 Å². The number of aliphatic imine (C=N–C) groups is 1. The summed E-state index contributed by atoms with van der Waals surface area (Å²) in [7, 11) is 1.38. The molecule has 0 amide bonds. The normalized spacial score (nSPS) is 14.4. The fraction of sp³-hybridized carbons (Fsp3) is 0.400. The Hall–Kier alpha value is -3.18. The number of nitrogens with zero attached hydrogens (tertiary/aromatic N) is 2. The number of esters is 1. The highest BCUT2D eigenvalue weighted by Gasteiger charge is 2.21. The van der Waals surface area contributed by atoms with Crippen molar-refractivity contribution in [3.05, 3.63) is 123 Å². The number of ether oxygens (including phenoxy) is 1. The van der Waals surface area contributed by atoms with Gasteiger partial charge in [0, 0.05) is 28.7 Å². The van der Waals surface area contributed by atoms with Crippen molar-refractivity contribution < 1.29 is 9.53 Å². The van der Waals surface area contributed by atoms with Crippen LogP contribution in [0.1, 0.15) is 86.1 Å². The number of halogens is 2. The first-order chi connectivity index (χ1) is 22.1. The van der Waals surface area contributed by atoms with Crippen LogP contribution in [0.25, 0.3) is 0 Å². The second-order valence-electron chi connectivity index (χ2n) is 12.1. The number of hydrogen-bond acceptors (Lipinski definition) is 4.